The second kappa shape index (κ2) is 3.33. The molecule has 1 N–H and O–H groups in total. The predicted octanol–water partition coefficient (Wildman–Crippen LogP) is 0.995. The fourth-order valence-corrected chi connectivity index (χ4v) is 1.19. The molecular weight excluding hydrogens is 182 g/mol. The molecule has 14 heavy (non-hydrogen) atoms. The molecule has 0 unspecified atom stereocenters. The van der Waals surface area contributed by atoms with Gasteiger partial charge in [0, 0.05) is 12.3 Å². The highest BCUT2D eigenvalue weighted by molar-refractivity contribution is 5.59. The number of hydrogen-bond donors (Lipinski definition) is 1. The zero-order valence-corrected chi connectivity index (χ0v) is 7.19. The van der Waals surface area contributed by atoms with Gasteiger partial charge in [-0.25, -0.2) is 0 Å². The Bertz CT molecular complexity index is 502. The van der Waals surface area contributed by atoms with Crippen LogP contribution in [0.5, 0.6) is 0 Å². The van der Waals surface area contributed by atoms with Gasteiger partial charge in [0.25, 0.3) is 5.56 Å². The van der Waals surface area contributed by atoms with Crippen LogP contribution in [0.3, 0.4) is 0 Å². The standard InChI is InChI=1S/C10H7NO3/c12-9-3-5-14-6-8(9)7-2-1-4-11-10(7)13/h1-6H,(H,11,13). The maximum Gasteiger partial charge on any atom is 0.256 e. The van der Waals surface area contributed by atoms with E-state index < -0.39 is 0 Å². The zero-order chi connectivity index (χ0) is 9.97. The van der Waals surface area contributed by atoms with Crippen LogP contribution < -0.4 is 11.0 Å². The Labute approximate surface area is 78.8 Å². The van der Waals surface area contributed by atoms with Crippen molar-refractivity contribution in [2.24, 2.45) is 0 Å². The normalized spacial score (nSPS) is 10.0. The molecular formula is C10H7NO3. The van der Waals surface area contributed by atoms with E-state index in [1.807, 2.05) is 0 Å². The third kappa shape index (κ3) is 1.37. The Morgan fingerprint density at radius 1 is 1.14 bits per heavy atom. The monoisotopic (exact) mass is 189 g/mol. The molecule has 0 radical (unpaired) electrons. The van der Waals surface area contributed by atoms with E-state index in [0.717, 1.165) is 0 Å². The lowest BCUT2D eigenvalue weighted by Crippen LogP contribution is -2.12. The molecule has 0 spiro atoms. The Morgan fingerprint density at radius 3 is 2.71 bits per heavy atom. The third-order valence-electron chi connectivity index (χ3n) is 1.86. The molecule has 70 valence electrons. The van der Waals surface area contributed by atoms with Crippen molar-refractivity contribution in [2.45, 2.75) is 0 Å². The van der Waals surface area contributed by atoms with Crippen molar-refractivity contribution in [3.63, 3.8) is 0 Å². The molecule has 0 atom stereocenters. The molecule has 0 aliphatic heterocycles. The number of pyridine rings is 1. The van der Waals surface area contributed by atoms with Crippen molar-refractivity contribution in [2.75, 3.05) is 0 Å². The zero-order valence-electron chi connectivity index (χ0n) is 7.19. The Morgan fingerprint density at radius 2 is 2.00 bits per heavy atom. The summed E-state index contributed by atoms with van der Waals surface area (Å²) in [6.07, 6.45) is 4.06. The summed E-state index contributed by atoms with van der Waals surface area (Å²) < 4.78 is 4.85. The van der Waals surface area contributed by atoms with E-state index in [1.165, 1.54) is 24.8 Å². The highest BCUT2D eigenvalue weighted by Gasteiger charge is 2.05. The van der Waals surface area contributed by atoms with Crippen LogP contribution in [0.15, 0.2) is 50.9 Å². The average molecular weight is 189 g/mol. The summed E-state index contributed by atoms with van der Waals surface area (Å²) in [6, 6.07) is 4.51. The maximum atomic E-state index is 11.4. The van der Waals surface area contributed by atoms with Crippen LogP contribution in [-0.4, -0.2) is 4.98 Å². The summed E-state index contributed by atoms with van der Waals surface area (Å²) in [5.41, 5.74) is 0.0650. The first-order valence-corrected chi connectivity index (χ1v) is 4.03. The number of H-pyrrole nitrogens is 1. The van der Waals surface area contributed by atoms with Gasteiger partial charge in [-0.1, -0.05) is 0 Å². The fourth-order valence-electron chi connectivity index (χ4n) is 1.19. The first-order valence-electron chi connectivity index (χ1n) is 4.03. The van der Waals surface area contributed by atoms with E-state index in [1.54, 1.807) is 12.1 Å². The smallest absolute Gasteiger partial charge is 0.256 e. The van der Waals surface area contributed by atoms with Gasteiger partial charge in [0.2, 0.25) is 0 Å². The lowest BCUT2D eigenvalue weighted by atomic mass is 10.1. The largest absolute Gasteiger partial charge is 0.472 e. The van der Waals surface area contributed by atoms with Gasteiger partial charge in [0.15, 0.2) is 5.43 Å². The number of hydrogen-bond acceptors (Lipinski definition) is 3. The van der Waals surface area contributed by atoms with Gasteiger partial charge < -0.3 is 9.40 Å². The average Bonchev–Trinajstić information content (AvgIpc) is 2.20. The van der Waals surface area contributed by atoms with Crippen molar-refractivity contribution in [1.82, 2.24) is 4.98 Å². The molecule has 0 saturated heterocycles. The van der Waals surface area contributed by atoms with Gasteiger partial charge in [-0.3, -0.25) is 9.59 Å². The van der Waals surface area contributed by atoms with Gasteiger partial charge >= 0.3 is 0 Å². The third-order valence-corrected chi connectivity index (χ3v) is 1.86. The molecule has 2 aromatic rings. The summed E-state index contributed by atoms with van der Waals surface area (Å²) >= 11 is 0. The second-order valence-corrected chi connectivity index (χ2v) is 2.75. The molecule has 2 rings (SSSR count). The minimum absolute atomic E-state index is 0.229. The summed E-state index contributed by atoms with van der Waals surface area (Å²) in [4.78, 5) is 25.2. The molecule has 0 aromatic carbocycles. The quantitative estimate of drug-likeness (QED) is 0.727. The first kappa shape index (κ1) is 8.50. The molecule has 4 heteroatoms. The van der Waals surface area contributed by atoms with Gasteiger partial charge in [-0.15, -0.1) is 0 Å². The van der Waals surface area contributed by atoms with Gasteiger partial charge in [-0.2, -0.15) is 0 Å². The molecule has 0 saturated carbocycles. The molecule has 2 heterocycles. The Balaban J connectivity index is 2.74. The molecule has 0 aliphatic carbocycles. The number of nitrogens with one attached hydrogen (secondary N) is 1. The predicted molar refractivity (Wildman–Crippen MR) is 51.0 cm³/mol. The highest BCUT2D eigenvalue weighted by atomic mass is 16.3. The molecule has 0 bridgehead atoms. The van der Waals surface area contributed by atoms with Gasteiger partial charge in [0.05, 0.1) is 17.4 Å². The SMILES string of the molecule is O=c1ccocc1-c1ccc[nH]c1=O. The van der Waals surface area contributed by atoms with Crippen molar-refractivity contribution >= 4 is 0 Å². The van der Waals surface area contributed by atoms with Gasteiger partial charge in [0.1, 0.15) is 6.26 Å². The fraction of sp³-hybridized carbons (Fsp3) is 0. The second-order valence-electron chi connectivity index (χ2n) is 2.75. The van der Waals surface area contributed by atoms with Crippen LogP contribution in [0.4, 0.5) is 0 Å². The van der Waals surface area contributed by atoms with Crippen LogP contribution in [0, 0.1) is 0 Å². The van der Waals surface area contributed by atoms with Crippen LogP contribution in [0.2, 0.25) is 0 Å². The van der Waals surface area contributed by atoms with E-state index >= 15 is 0 Å². The summed E-state index contributed by atoms with van der Waals surface area (Å²) in [5, 5.41) is 0. The topological polar surface area (TPSA) is 63.1 Å². The van der Waals surface area contributed by atoms with E-state index in [9.17, 15) is 9.59 Å². The van der Waals surface area contributed by atoms with E-state index in [2.05, 4.69) is 4.98 Å². The number of aromatic nitrogens is 1. The van der Waals surface area contributed by atoms with Crippen molar-refractivity contribution in [1.29, 1.82) is 0 Å². The molecule has 2 aromatic heterocycles. The van der Waals surface area contributed by atoms with Crippen LogP contribution in [0.25, 0.3) is 11.1 Å². The van der Waals surface area contributed by atoms with E-state index in [0.29, 0.717) is 5.56 Å². The van der Waals surface area contributed by atoms with Crippen molar-refractivity contribution in [3.05, 3.63) is 57.5 Å². The van der Waals surface area contributed by atoms with Crippen LogP contribution in [-0.2, 0) is 0 Å². The lowest BCUT2D eigenvalue weighted by molar-refractivity contribution is 0.550. The summed E-state index contributed by atoms with van der Waals surface area (Å²) in [7, 11) is 0. The van der Waals surface area contributed by atoms with E-state index in [4.69, 9.17) is 4.42 Å². The Kier molecular flexibility index (Phi) is 2.02. The molecule has 0 fully saturated rings. The van der Waals surface area contributed by atoms with E-state index in [-0.39, 0.29) is 16.6 Å². The lowest BCUT2D eigenvalue weighted by Gasteiger charge is -1.96. The minimum atomic E-state index is -0.300. The maximum absolute atomic E-state index is 11.4. The summed E-state index contributed by atoms with van der Waals surface area (Å²) in [6.45, 7) is 0. The molecule has 4 nitrogen and oxygen atoms in total. The summed E-state index contributed by atoms with van der Waals surface area (Å²) in [5.74, 6) is 0. The minimum Gasteiger partial charge on any atom is -0.472 e. The molecule has 0 amide bonds. The van der Waals surface area contributed by atoms with Crippen molar-refractivity contribution in [3.8, 4) is 11.1 Å². The first-order chi connectivity index (χ1) is 6.79. The number of rotatable bonds is 1. The Hall–Kier alpha value is -2.10. The highest BCUT2D eigenvalue weighted by Crippen LogP contribution is 2.07. The number of aromatic amines is 1. The van der Waals surface area contributed by atoms with Crippen LogP contribution in [0.1, 0.15) is 0 Å². The van der Waals surface area contributed by atoms with Gasteiger partial charge in [-0.05, 0) is 12.1 Å². The van der Waals surface area contributed by atoms with Crippen molar-refractivity contribution < 1.29 is 4.42 Å². The van der Waals surface area contributed by atoms with Crippen LogP contribution >= 0.6 is 0 Å². The molecule has 0 aliphatic rings.